The lowest BCUT2D eigenvalue weighted by molar-refractivity contribution is -0.136. The molecule has 0 radical (unpaired) electrons. The predicted octanol–water partition coefficient (Wildman–Crippen LogP) is 6.49. The van der Waals surface area contributed by atoms with Crippen molar-refractivity contribution in [2.45, 2.75) is 61.9 Å². The van der Waals surface area contributed by atoms with Gasteiger partial charge in [0.25, 0.3) is 17.7 Å². The van der Waals surface area contributed by atoms with Crippen LogP contribution in [0.2, 0.25) is 0 Å². The van der Waals surface area contributed by atoms with E-state index in [1.54, 1.807) is 12.1 Å². The molecular formula is C47H47N7O6S. The minimum absolute atomic E-state index is 0.0874. The molecule has 2 atom stereocenters. The number of hydrogen-bond donors (Lipinski definition) is 3. The molecule has 2 unspecified atom stereocenters. The van der Waals surface area contributed by atoms with Crippen LogP contribution in [-0.2, 0) is 22.4 Å². The zero-order valence-corrected chi connectivity index (χ0v) is 34.5. The molecule has 13 nitrogen and oxygen atoms in total. The first-order chi connectivity index (χ1) is 29.7. The number of amides is 5. The number of primary amides is 1. The second-order valence-electron chi connectivity index (χ2n) is 16.1. The van der Waals surface area contributed by atoms with Crippen LogP contribution in [0.3, 0.4) is 0 Å². The van der Waals surface area contributed by atoms with Gasteiger partial charge in [-0.1, -0.05) is 48.5 Å². The fourth-order valence-electron chi connectivity index (χ4n) is 9.09. The van der Waals surface area contributed by atoms with E-state index in [0.29, 0.717) is 50.5 Å². The quantitative estimate of drug-likeness (QED) is 0.0881. The summed E-state index contributed by atoms with van der Waals surface area (Å²) in [6.07, 6.45) is 4.98. The van der Waals surface area contributed by atoms with Crippen LogP contribution in [0.15, 0.2) is 102 Å². The molecule has 5 amide bonds. The summed E-state index contributed by atoms with van der Waals surface area (Å²) in [4.78, 5) is 67.9. The molecule has 1 aromatic heterocycles. The molecular weight excluding hydrogens is 791 g/mol. The van der Waals surface area contributed by atoms with Crippen LogP contribution >= 0.6 is 11.8 Å². The number of hydrogen-bond acceptors (Lipinski definition) is 10. The molecule has 312 valence electrons. The molecule has 0 spiro atoms. The Kier molecular flexibility index (Phi) is 11.4. The zero-order valence-electron chi connectivity index (χ0n) is 33.7. The first kappa shape index (κ1) is 40.2. The van der Waals surface area contributed by atoms with Crippen molar-refractivity contribution < 1.29 is 28.7 Å². The van der Waals surface area contributed by atoms with E-state index in [2.05, 4.69) is 39.8 Å². The van der Waals surface area contributed by atoms with Gasteiger partial charge in [0.15, 0.2) is 0 Å². The number of benzene rings is 4. The largest absolute Gasteiger partial charge is 0.457 e. The normalized spacial score (nSPS) is 19.3. The highest BCUT2D eigenvalue weighted by molar-refractivity contribution is 7.99. The number of imide groups is 2. The van der Waals surface area contributed by atoms with Crippen LogP contribution in [-0.4, -0.2) is 87.1 Å². The summed E-state index contributed by atoms with van der Waals surface area (Å²) in [5, 5.41) is 10.7. The van der Waals surface area contributed by atoms with Gasteiger partial charge in [0.2, 0.25) is 11.8 Å². The van der Waals surface area contributed by atoms with Crippen LogP contribution in [0.5, 0.6) is 11.5 Å². The highest BCUT2D eigenvalue weighted by Crippen LogP contribution is 2.41. The van der Waals surface area contributed by atoms with Crippen molar-refractivity contribution in [3.8, 4) is 22.8 Å². The summed E-state index contributed by atoms with van der Waals surface area (Å²) in [6.45, 7) is 3.74. The Morgan fingerprint density at radius 1 is 0.803 bits per heavy atom. The van der Waals surface area contributed by atoms with Crippen LogP contribution in [0, 0.1) is 5.92 Å². The first-order valence-electron chi connectivity index (χ1n) is 21.0. The lowest BCUT2D eigenvalue weighted by Crippen LogP contribution is -2.54. The second kappa shape index (κ2) is 17.4. The Bertz CT molecular complexity index is 2480. The molecule has 9 rings (SSSR count). The van der Waals surface area contributed by atoms with Crippen LogP contribution in [0.25, 0.3) is 11.3 Å². The molecule has 4 aliphatic rings. The van der Waals surface area contributed by atoms with E-state index in [0.717, 1.165) is 74.5 Å². The SMILES string of the molecule is NC(=O)c1c(-c2ccc(Oc3ccccc3)cc2)nn2c1NCCC2C1CCN(CCc2ccc(CCSc3cccc4c3C(=O)N(C3CCC(=O)NC3=O)C4=O)cc2)CC1. The van der Waals surface area contributed by atoms with Crippen molar-refractivity contribution in [2.24, 2.45) is 11.7 Å². The molecule has 2 saturated heterocycles. The first-order valence-corrected chi connectivity index (χ1v) is 22.0. The van der Waals surface area contributed by atoms with E-state index >= 15 is 0 Å². The van der Waals surface area contributed by atoms with E-state index in [1.807, 2.05) is 65.3 Å². The van der Waals surface area contributed by atoms with Crippen molar-refractivity contribution in [2.75, 3.05) is 37.2 Å². The van der Waals surface area contributed by atoms with Crippen molar-refractivity contribution in [1.82, 2.24) is 24.9 Å². The topological polar surface area (TPSA) is 169 Å². The third-order valence-corrected chi connectivity index (χ3v) is 13.4. The Morgan fingerprint density at radius 3 is 2.25 bits per heavy atom. The maximum absolute atomic E-state index is 13.5. The van der Waals surface area contributed by atoms with Crippen molar-refractivity contribution in [3.05, 3.63) is 125 Å². The number of ether oxygens (including phenoxy) is 1. The average Bonchev–Trinajstić information content (AvgIpc) is 3.79. The van der Waals surface area contributed by atoms with Crippen molar-refractivity contribution in [3.63, 3.8) is 0 Å². The minimum Gasteiger partial charge on any atom is -0.457 e. The van der Waals surface area contributed by atoms with E-state index in [-0.39, 0.29) is 18.9 Å². The molecule has 4 N–H and O–H groups in total. The summed E-state index contributed by atoms with van der Waals surface area (Å²) in [5.74, 6) is 0.831. The Labute approximate surface area is 358 Å². The van der Waals surface area contributed by atoms with Gasteiger partial charge in [0.1, 0.15) is 34.6 Å². The van der Waals surface area contributed by atoms with Gasteiger partial charge in [-0.05, 0) is 117 Å². The number of aryl methyl sites for hydroxylation is 1. The van der Waals surface area contributed by atoms with Gasteiger partial charge < -0.3 is 20.7 Å². The summed E-state index contributed by atoms with van der Waals surface area (Å²) < 4.78 is 8.00. The number of aromatic nitrogens is 2. The Hall–Kier alpha value is -6.25. The molecule has 0 saturated carbocycles. The maximum Gasteiger partial charge on any atom is 0.263 e. The number of nitrogens with zero attached hydrogens (tertiary/aromatic N) is 4. The van der Waals surface area contributed by atoms with Gasteiger partial charge >= 0.3 is 0 Å². The number of nitrogens with two attached hydrogens (primary N) is 1. The summed E-state index contributed by atoms with van der Waals surface area (Å²) in [7, 11) is 0. The molecule has 4 aromatic carbocycles. The fourth-order valence-corrected chi connectivity index (χ4v) is 10.2. The highest BCUT2D eigenvalue weighted by atomic mass is 32.2. The number of anilines is 1. The molecule has 14 heteroatoms. The maximum atomic E-state index is 13.5. The summed E-state index contributed by atoms with van der Waals surface area (Å²) in [5.41, 5.74) is 10.9. The molecule has 4 aliphatic heterocycles. The van der Waals surface area contributed by atoms with Gasteiger partial charge in [-0.2, -0.15) is 5.10 Å². The van der Waals surface area contributed by atoms with Crippen LogP contribution in [0.1, 0.15) is 80.3 Å². The molecule has 5 heterocycles. The standard InChI is InChI=1S/C47H47N7O6S/c48-43(56)41-42(32-13-15-34(16-14-32)60-33-5-2-1-3-6-33)51-54-36(19-24-49-44(41)54)31-21-26-52(27-22-31)25-20-29-9-11-30(12-10-29)23-28-61-38-8-4-7-35-40(38)47(59)53(46(35)58)37-17-18-39(55)50-45(37)57/h1-16,31,36-37,49H,17-28H2,(H2,48,56)(H,50,55,57). The number of rotatable bonds is 13. The minimum atomic E-state index is -0.981. The van der Waals surface area contributed by atoms with Gasteiger partial charge in [-0.15, -0.1) is 11.8 Å². The van der Waals surface area contributed by atoms with Crippen molar-refractivity contribution >= 4 is 47.1 Å². The lowest BCUT2D eigenvalue weighted by Gasteiger charge is -2.38. The van der Waals surface area contributed by atoms with Crippen LogP contribution in [0.4, 0.5) is 5.82 Å². The van der Waals surface area contributed by atoms with Gasteiger partial charge in [-0.3, -0.25) is 34.2 Å². The Balaban J connectivity index is 0.763. The molecule has 5 aromatic rings. The summed E-state index contributed by atoms with van der Waals surface area (Å²) in [6, 6.07) is 30.4. The zero-order chi connectivity index (χ0) is 42.0. The molecule has 0 aliphatic carbocycles. The van der Waals surface area contributed by atoms with E-state index in [1.165, 1.54) is 22.9 Å². The predicted molar refractivity (Wildman–Crippen MR) is 232 cm³/mol. The number of piperidine rings is 2. The molecule has 61 heavy (non-hydrogen) atoms. The fraction of sp³-hybridized carbons (Fsp3) is 0.319. The van der Waals surface area contributed by atoms with E-state index < -0.39 is 35.6 Å². The molecule has 2 fully saturated rings. The highest BCUT2D eigenvalue weighted by Gasteiger charge is 2.45. The number of thioether (sulfide) groups is 1. The van der Waals surface area contributed by atoms with Crippen molar-refractivity contribution in [1.29, 1.82) is 0 Å². The number of fused-ring (bicyclic) bond motifs is 2. The smallest absolute Gasteiger partial charge is 0.263 e. The lowest BCUT2D eigenvalue weighted by atomic mass is 9.86. The number of carbonyl (C=O) groups excluding carboxylic acids is 5. The van der Waals surface area contributed by atoms with Gasteiger partial charge in [-0.25, -0.2) is 4.68 Å². The summed E-state index contributed by atoms with van der Waals surface area (Å²) >= 11 is 1.52. The van der Waals surface area contributed by atoms with Gasteiger partial charge in [0, 0.05) is 35.7 Å². The molecule has 0 bridgehead atoms. The monoisotopic (exact) mass is 837 g/mol. The van der Waals surface area contributed by atoms with Crippen LogP contribution < -0.4 is 21.1 Å². The number of para-hydroxylation sites is 1. The van der Waals surface area contributed by atoms with Gasteiger partial charge in [0.05, 0.1) is 17.2 Å². The number of nitrogens with one attached hydrogen (secondary N) is 2. The second-order valence-corrected chi connectivity index (χ2v) is 17.2. The van der Waals surface area contributed by atoms with E-state index in [4.69, 9.17) is 15.6 Å². The third kappa shape index (κ3) is 8.29. The van der Waals surface area contributed by atoms with E-state index in [9.17, 15) is 24.0 Å². The number of carbonyl (C=O) groups is 5. The average molecular weight is 838 g/mol. The Morgan fingerprint density at radius 2 is 1.52 bits per heavy atom. The number of likely N-dealkylation sites (tertiary alicyclic amines) is 1. The third-order valence-electron chi connectivity index (χ3n) is 12.3.